The van der Waals surface area contributed by atoms with Crippen LogP contribution in [-0.2, 0) is 9.47 Å². The number of ether oxygens (including phenoxy) is 2. The van der Waals surface area contributed by atoms with Crippen molar-refractivity contribution in [2.45, 2.75) is 71.1 Å². The first-order valence-corrected chi connectivity index (χ1v) is 8.01. The van der Waals surface area contributed by atoms with Gasteiger partial charge >= 0.3 is 18.9 Å². The van der Waals surface area contributed by atoms with E-state index in [1.54, 1.807) is 0 Å². The maximum absolute atomic E-state index is 5.43. The molecule has 0 aliphatic carbocycles. The van der Waals surface area contributed by atoms with Gasteiger partial charge in [-0.1, -0.05) is 57.9 Å². The zero-order chi connectivity index (χ0) is 14.0. The van der Waals surface area contributed by atoms with E-state index in [9.17, 15) is 0 Å². The van der Waals surface area contributed by atoms with Gasteiger partial charge in [-0.05, 0) is 12.8 Å². The Bertz CT molecular complexity index is 184. The summed E-state index contributed by atoms with van der Waals surface area (Å²) in [6.45, 7) is 8.02. The maximum Gasteiger partial charge on any atom is 1.00 e. The first kappa shape index (κ1) is 22.5. The second-order valence-corrected chi connectivity index (χ2v) is 4.96. The molecule has 0 aromatic rings. The third kappa shape index (κ3) is 20.6. The molecule has 0 aromatic heterocycles. The largest absolute Gasteiger partial charge is 1.00 e. The minimum Gasteiger partial charge on any atom is -0.355 e. The molecule has 0 bridgehead atoms. The van der Waals surface area contributed by atoms with Crippen molar-refractivity contribution in [1.82, 2.24) is 0 Å². The Morgan fingerprint density at radius 3 is 2.05 bits per heavy atom. The molecule has 0 N–H and O–H groups in total. The summed E-state index contributed by atoms with van der Waals surface area (Å²) >= 11 is 0. The standard InChI is InChI=1S/C17H33O2.Li/c1-3-5-7-9-10-11-12-14-16-19-17-18-15-13-8-6-4-2;/h6,8H,2-5,7,9-17H2,1H3;/q-1;+1. The van der Waals surface area contributed by atoms with E-state index >= 15 is 0 Å². The number of rotatable bonds is 15. The summed E-state index contributed by atoms with van der Waals surface area (Å²) in [5, 5.41) is 0. The van der Waals surface area contributed by atoms with Crippen LogP contribution in [-0.4, -0.2) is 20.0 Å². The van der Waals surface area contributed by atoms with Crippen LogP contribution < -0.4 is 18.9 Å². The molecule has 2 nitrogen and oxygen atoms in total. The summed E-state index contributed by atoms with van der Waals surface area (Å²) < 4.78 is 10.8. The first-order chi connectivity index (χ1) is 9.41. The molecular formula is C17H33LiO2. The van der Waals surface area contributed by atoms with Gasteiger partial charge < -0.3 is 16.4 Å². The predicted molar refractivity (Wildman–Crippen MR) is 83.1 cm³/mol. The number of hydrogen-bond donors (Lipinski definition) is 0. The topological polar surface area (TPSA) is 18.5 Å². The molecule has 0 amide bonds. The second-order valence-electron chi connectivity index (χ2n) is 4.96. The Kier molecular flexibility index (Phi) is 24.3. The van der Waals surface area contributed by atoms with Crippen LogP contribution in [0.4, 0.5) is 0 Å². The average Bonchev–Trinajstić information content (AvgIpc) is 2.43. The Morgan fingerprint density at radius 2 is 1.40 bits per heavy atom. The minimum absolute atomic E-state index is 0. The van der Waals surface area contributed by atoms with E-state index < -0.39 is 0 Å². The first-order valence-electron chi connectivity index (χ1n) is 8.01. The van der Waals surface area contributed by atoms with E-state index in [-0.39, 0.29) is 18.9 Å². The van der Waals surface area contributed by atoms with Crippen LogP contribution in [0.15, 0.2) is 12.2 Å². The van der Waals surface area contributed by atoms with Crippen LogP contribution in [0, 0.1) is 6.92 Å². The van der Waals surface area contributed by atoms with Gasteiger partial charge in [0.05, 0.1) is 6.61 Å². The summed E-state index contributed by atoms with van der Waals surface area (Å²) in [7, 11) is 0. The average molecular weight is 276 g/mol. The molecule has 0 atom stereocenters. The van der Waals surface area contributed by atoms with E-state index in [1.807, 2.05) is 0 Å². The molecule has 0 aliphatic heterocycles. The number of unbranched alkanes of at least 4 members (excludes halogenated alkanes) is 7. The van der Waals surface area contributed by atoms with Crippen molar-refractivity contribution in [2.24, 2.45) is 0 Å². The van der Waals surface area contributed by atoms with E-state index in [1.165, 1.54) is 51.4 Å². The van der Waals surface area contributed by atoms with Gasteiger partial charge in [0.25, 0.3) is 0 Å². The third-order valence-electron chi connectivity index (χ3n) is 3.07. The van der Waals surface area contributed by atoms with Crippen molar-refractivity contribution in [1.29, 1.82) is 0 Å². The Hall–Kier alpha value is 0.257. The molecule has 0 unspecified atom stereocenters. The quantitative estimate of drug-likeness (QED) is 0.150. The fourth-order valence-electron chi connectivity index (χ4n) is 1.90. The van der Waals surface area contributed by atoms with Crippen LogP contribution >= 0.6 is 0 Å². The zero-order valence-electron chi connectivity index (χ0n) is 13.9. The zero-order valence-corrected chi connectivity index (χ0v) is 13.9. The molecule has 0 spiro atoms. The van der Waals surface area contributed by atoms with Gasteiger partial charge in [-0.25, -0.2) is 0 Å². The van der Waals surface area contributed by atoms with Gasteiger partial charge in [0.2, 0.25) is 0 Å². The molecule has 0 radical (unpaired) electrons. The molecular weight excluding hydrogens is 243 g/mol. The van der Waals surface area contributed by atoms with Crippen LogP contribution in [0.3, 0.4) is 0 Å². The molecule has 0 saturated carbocycles. The second kappa shape index (κ2) is 21.6. The Labute approximate surface area is 138 Å². The minimum atomic E-state index is 0. The fraction of sp³-hybridized carbons (Fsp3) is 0.824. The van der Waals surface area contributed by atoms with Crippen molar-refractivity contribution in [3.05, 3.63) is 19.1 Å². The van der Waals surface area contributed by atoms with Crippen LogP contribution in [0.25, 0.3) is 0 Å². The van der Waals surface area contributed by atoms with Crippen LogP contribution in [0.2, 0.25) is 0 Å². The summed E-state index contributed by atoms with van der Waals surface area (Å²) in [4.78, 5) is 0. The van der Waals surface area contributed by atoms with E-state index in [0.29, 0.717) is 6.79 Å². The fourth-order valence-corrected chi connectivity index (χ4v) is 1.90. The van der Waals surface area contributed by atoms with E-state index in [2.05, 4.69) is 26.0 Å². The molecule has 0 aliphatic rings. The summed E-state index contributed by atoms with van der Waals surface area (Å²) in [5.74, 6) is 0. The predicted octanol–water partition coefficient (Wildman–Crippen LogP) is 2.29. The maximum atomic E-state index is 5.43. The molecule has 0 saturated heterocycles. The van der Waals surface area contributed by atoms with Crippen molar-refractivity contribution >= 4 is 0 Å². The van der Waals surface area contributed by atoms with Gasteiger partial charge in [-0.15, -0.1) is 6.08 Å². The van der Waals surface area contributed by atoms with Crippen molar-refractivity contribution in [3.63, 3.8) is 0 Å². The van der Waals surface area contributed by atoms with Gasteiger partial charge in [0.1, 0.15) is 6.79 Å². The molecule has 20 heavy (non-hydrogen) atoms. The number of hydrogen-bond acceptors (Lipinski definition) is 2. The van der Waals surface area contributed by atoms with Gasteiger partial charge in [-0.2, -0.15) is 6.42 Å². The van der Waals surface area contributed by atoms with Crippen LogP contribution in [0.5, 0.6) is 0 Å². The van der Waals surface area contributed by atoms with E-state index in [0.717, 1.165) is 26.1 Å². The van der Waals surface area contributed by atoms with E-state index in [4.69, 9.17) is 9.47 Å². The summed E-state index contributed by atoms with van der Waals surface area (Å²) in [5.41, 5.74) is 0. The van der Waals surface area contributed by atoms with Crippen molar-refractivity contribution in [3.8, 4) is 0 Å². The third-order valence-corrected chi connectivity index (χ3v) is 3.07. The van der Waals surface area contributed by atoms with Gasteiger partial charge in [0.15, 0.2) is 0 Å². The molecule has 114 valence electrons. The molecule has 0 heterocycles. The Balaban J connectivity index is 0. The summed E-state index contributed by atoms with van der Waals surface area (Å²) in [6, 6.07) is 0. The normalized spacial score (nSPS) is 10.9. The van der Waals surface area contributed by atoms with Crippen molar-refractivity contribution < 1.29 is 28.3 Å². The molecule has 3 heteroatoms. The number of allylic oxidation sites excluding steroid dienone is 1. The van der Waals surface area contributed by atoms with Gasteiger partial charge in [-0.3, -0.25) is 0 Å². The monoisotopic (exact) mass is 276 g/mol. The molecule has 0 rings (SSSR count). The smallest absolute Gasteiger partial charge is 0.355 e. The SMILES string of the molecule is [CH2-]CC=CCCOCOCCCCCCCCCC.[Li+]. The van der Waals surface area contributed by atoms with Gasteiger partial charge in [0, 0.05) is 6.61 Å². The summed E-state index contributed by atoms with van der Waals surface area (Å²) in [6.07, 6.45) is 16.7. The molecule has 0 aromatic carbocycles. The van der Waals surface area contributed by atoms with Crippen molar-refractivity contribution in [2.75, 3.05) is 20.0 Å². The van der Waals surface area contributed by atoms with Crippen LogP contribution in [0.1, 0.15) is 71.1 Å². The molecule has 0 fully saturated rings. The Morgan fingerprint density at radius 1 is 0.800 bits per heavy atom.